The number of nitrogens with two attached hydrogens (primary N) is 4. The molecule has 0 unspecified atom stereocenters. The molecule has 602 valence electrons. The van der Waals surface area contributed by atoms with E-state index < -0.39 is 211 Å². The second kappa shape index (κ2) is 49.9. The van der Waals surface area contributed by atoms with Crippen molar-refractivity contribution in [3.8, 4) is 5.75 Å². The molecule has 13 amide bonds. The maximum absolute atomic E-state index is 14.5. The fraction of sp³-hybridized carbons (Fsp3) is 0.600. The number of hydrogen-bond donors (Lipinski definition) is 22. The molecule has 0 aromatic heterocycles. The molecule has 0 bridgehead atoms. The van der Waals surface area contributed by atoms with Gasteiger partial charge in [-0.25, -0.2) is 4.79 Å². The van der Waals surface area contributed by atoms with E-state index in [1.165, 1.54) is 30.8 Å². The number of hydrogen-bond acceptors (Lipinski definition) is 21. The summed E-state index contributed by atoms with van der Waals surface area (Å²) in [6.45, 7) is 10.7. The standard InChI is InChI=1S/C70H112N18O18S2/c1-9-39(6)57(88-67(103)56(38(4)5)87-64(100)46(19-15-30-76-70(74)75)81-66(102)52(36-107)79-54(91)35-77-60(96)50(33-42-20-22-43(89)23-21-42)85-59(95)44(72)28-31-108-8)68(104)83-47(24-26-53(73)90)62(98)80-45(18-13-14-29-71)61(97)78-40(7)58(94)84-49(32-37(2)3)65(101)82-48(25-27-55(92)93)63(99)86-51(69(105)106)34-41-16-11-10-12-17-41/h10-12,16-17,20-23,37-40,44-52,56-57,89,107H,9,13-15,18-19,24-36,71-72H2,1-8H3,(H2,73,90)(H,77,96)(H,78,97)(H,79,91)(H,80,98)(H,81,102)(H,82,101)(H,83,104)(H,84,94)(H,85,95)(H,86,99)(H,87,100)(H,88,103)(H,92,93)(H,105,106)(H4,74,75,76)/t39-,40-,44-,45-,46-,47-,48-,49-,50-,51-,52-,56-,57-/m0/s1. The van der Waals surface area contributed by atoms with Gasteiger partial charge >= 0.3 is 11.9 Å². The molecule has 13 atom stereocenters. The summed E-state index contributed by atoms with van der Waals surface area (Å²) in [5.41, 5.74) is 24.0. The van der Waals surface area contributed by atoms with Gasteiger partial charge in [0.15, 0.2) is 5.96 Å². The topological polar surface area (TPSA) is 601 Å². The monoisotopic (exact) mass is 1560 g/mol. The Balaban J connectivity index is 2.39. The van der Waals surface area contributed by atoms with Crippen LogP contribution in [0.3, 0.4) is 0 Å². The zero-order chi connectivity index (χ0) is 81.3. The molecule has 0 spiro atoms. The third-order valence-electron chi connectivity index (χ3n) is 17.1. The van der Waals surface area contributed by atoms with Crippen molar-refractivity contribution in [3.63, 3.8) is 0 Å². The first-order chi connectivity index (χ1) is 50.9. The summed E-state index contributed by atoms with van der Waals surface area (Å²) in [7, 11) is 0. The SMILES string of the molecule is CC[C@H](C)[C@H](NC(=O)[C@@H](NC(=O)[C@H](CCCNC(=N)N)NC(=O)[C@H](CS)NC(=O)CNC(=O)[C@H](Cc1ccc(O)cc1)NC(=O)[C@@H](N)CCSC)C(C)C)C(=O)N[C@@H](CCC(N)=O)C(=O)N[C@@H](CCCCN)C(=O)N[C@@H](C)C(=O)N[C@@H](CC(C)C)C(=O)N[C@@H](CCC(=O)O)C(=O)N[C@@H](Cc1ccccc1)C(=O)O. The first-order valence-corrected chi connectivity index (χ1v) is 37.8. The summed E-state index contributed by atoms with van der Waals surface area (Å²) in [5.74, 6) is -16.2. The number of aliphatic carboxylic acids is 2. The molecule has 108 heavy (non-hydrogen) atoms. The number of guanidine groups is 1. The zero-order valence-corrected chi connectivity index (χ0v) is 64.1. The number of phenols is 1. The molecule has 36 nitrogen and oxygen atoms in total. The van der Waals surface area contributed by atoms with E-state index in [0.29, 0.717) is 29.7 Å². The Hall–Kier alpha value is -9.82. The van der Waals surface area contributed by atoms with Crippen LogP contribution in [-0.2, 0) is 84.8 Å². The molecule has 2 aromatic rings. The predicted molar refractivity (Wildman–Crippen MR) is 405 cm³/mol. The molecule has 2 aromatic carbocycles. The Kier molecular flexibility index (Phi) is 43.6. The van der Waals surface area contributed by atoms with Crippen molar-refractivity contribution in [2.45, 2.75) is 211 Å². The van der Waals surface area contributed by atoms with Gasteiger partial charge in [0.1, 0.15) is 72.2 Å². The minimum atomic E-state index is -1.62. The molecule has 25 N–H and O–H groups in total. The number of rotatable bonds is 52. The van der Waals surface area contributed by atoms with Gasteiger partial charge in [-0.3, -0.25) is 72.5 Å². The summed E-state index contributed by atoms with van der Waals surface area (Å²) in [6, 6.07) is -2.69. The molecule has 0 aliphatic carbocycles. The number of carboxylic acids is 2. The van der Waals surface area contributed by atoms with Crippen LogP contribution in [0.5, 0.6) is 5.75 Å². The van der Waals surface area contributed by atoms with Crippen LogP contribution in [0.25, 0.3) is 0 Å². The van der Waals surface area contributed by atoms with E-state index in [1.54, 1.807) is 84.0 Å². The molecular weight excluding hydrogens is 1450 g/mol. The van der Waals surface area contributed by atoms with Crippen molar-refractivity contribution in [3.05, 3.63) is 65.7 Å². The fourth-order valence-electron chi connectivity index (χ4n) is 10.6. The van der Waals surface area contributed by atoms with E-state index in [-0.39, 0.29) is 81.9 Å². The Morgan fingerprint density at radius 1 is 0.509 bits per heavy atom. The van der Waals surface area contributed by atoms with Gasteiger partial charge in [-0.15, -0.1) is 0 Å². The highest BCUT2D eigenvalue weighted by atomic mass is 32.2. The van der Waals surface area contributed by atoms with Crippen LogP contribution in [0.1, 0.15) is 137 Å². The number of carbonyl (C=O) groups is 15. The number of aromatic hydroxyl groups is 1. The lowest BCUT2D eigenvalue weighted by atomic mass is 9.95. The lowest BCUT2D eigenvalue weighted by Gasteiger charge is -2.30. The molecule has 0 fully saturated rings. The van der Waals surface area contributed by atoms with Gasteiger partial charge in [-0.1, -0.05) is 90.4 Å². The lowest BCUT2D eigenvalue weighted by Crippen LogP contribution is -2.62. The normalized spacial score (nSPS) is 14.7. The van der Waals surface area contributed by atoms with Gasteiger partial charge in [0, 0.05) is 38.0 Å². The summed E-state index contributed by atoms with van der Waals surface area (Å²) < 4.78 is 0. The highest BCUT2D eigenvalue weighted by Crippen LogP contribution is 2.17. The third-order valence-corrected chi connectivity index (χ3v) is 18.1. The second-order valence-electron chi connectivity index (χ2n) is 26.9. The van der Waals surface area contributed by atoms with E-state index in [0.717, 1.165) is 0 Å². The molecule has 0 aliphatic heterocycles. The average Bonchev–Trinajstić information content (AvgIpc) is 0.853. The largest absolute Gasteiger partial charge is 0.508 e. The predicted octanol–water partition coefficient (Wildman–Crippen LogP) is -2.99. The van der Waals surface area contributed by atoms with Crippen LogP contribution in [0.15, 0.2) is 54.6 Å². The number of carboxylic acid groups (broad SMARTS) is 2. The molecule has 0 saturated carbocycles. The van der Waals surface area contributed by atoms with Crippen LogP contribution < -0.4 is 92.1 Å². The third kappa shape index (κ3) is 36.2. The number of carbonyl (C=O) groups excluding carboxylic acids is 13. The smallest absolute Gasteiger partial charge is 0.326 e. The van der Waals surface area contributed by atoms with Crippen molar-refractivity contribution in [2.75, 3.05) is 37.4 Å². The molecule has 2 rings (SSSR count). The lowest BCUT2D eigenvalue weighted by molar-refractivity contribution is -0.143. The number of thiol groups is 1. The van der Waals surface area contributed by atoms with Crippen molar-refractivity contribution in [1.29, 1.82) is 5.41 Å². The molecular formula is C70H112N18O18S2. The maximum Gasteiger partial charge on any atom is 0.326 e. The van der Waals surface area contributed by atoms with Gasteiger partial charge in [0.05, 0.1) is 12.6 Å². The second-order valence-corrected chi connectivity index (χ2v) is 28.3. The quantitative estimate of drug-likeness (QED) is 0.0136. The summed E-state index contributed by atoms with van der Waals surface area (Å²) in [5, 5.41) is 69.9. The van der Waals surface area contributed by atoms with Crippen molar-refractivity contribution in [2.24, 2.45) is 40.7 Å². The van der Waals surface area contributed by atoms with Gasteiger partial charge in [0.2, 0.25) is 76.8 Å². The summed E-state index contributed by atoms with van der Waals surface area (Å²) in [4.78, 5) is 204. The summed E-state index contributed by atoms with van der Waals surface area (Å²) in [6.07, 6.45) is 0.635. The Labute approximate surface area is 638 Å². The number of thioether (sulfide) groups is 1. The summed E-state index contributed by atoms with van der Waals surface area (Å²) >= 11 is 5.72. The number of nitrogens with one attached hydrogen (secondary N) is 14. The Morgan fingerprint density at radius 2 is 0.991 bits per heavy atom. The fourth-order valence-corrected chi connectivity index (χ4v) is 11.4. The van der Waals surface area contributed by atoms with Gasteiger partial charge < -0.3 is 107 Å². The Bertz CT molecular complexity index is 3340. The number of primary amides is 1. The number of amides is 13. The molecule has 0 heterocycles. The van der Waals surface area contributed by atoms with Crippen LogP contribution in [0.4, 0.5) is 0 Å². The highest BCUT2D eigenvalue weighted by Gasteiger charge is 2.38. The van der Waals surface area contributed by atoms with Gasteiger partial charge in [-0.05, 0) is 124 Å². The first-order valence-electron chi connectivity index (χ1n) is 35.7. The zero-order valence-electron chi connectivity index (χ0n) is 62.4. The maximum atomic E-state index is 14.5. The van der Waals surface area contributed by atoms with Crippen LogP contribution >= 0.6 is 24.4 Å². The molecule has 0 saturated heterocycles. The van der Waals surface area contributed by atoms with E-state index in [9.17, 15) is 87.2 Å². The van der Waals surface area contributed by atoms with Gasteiger partial charge in [-0.2, -0.15) is 24.4 Å². The van der Waals surface area contributed by atoms with E-state index in [1.807, 2.05) is 6.26 Å². The average molecular weight is 1560 g/mol. The molecule has 0 radical (unpaired) electrons. The van der Waals surface area contributed by atoms with E-state index >= 15 is 0 Å². The van der Waals surface area contributed by atoms with Crippen molar-refractivity contribution < 1.29 is 87.2 Å². The highest BCUT2D eigenvalue weighted by molar-refractivity contribution is 7.98. The van der Waals surface area contributed by atoms with Crippen LogP contribution in [-0.4, -0.2) is 220 Å². The van der Waals surface area contributed by atoms with Crippen molar-refractivity contribution in [1.82, 2.24) is 69.1 Å². The number of phenolic OH excluding ortho intramolecular Hbond substituents is 1. The van der Waals surface area contributed by atoms with Crippen LogP contribution in [0.2, 0.25) is 0 Å². The minimum Gasteiger partial charge on any atom is -0.508 e. The molecule has 0 aliphatic rings. The van der Waals surface area contributed by atoms with Gasteiger partial charge in [0.25, 0.3) is 0 Å². The number of benzene rings is 2. The van der Waals surface area contributed by atoms with Crippen molar-refractivity contribution >= 4 is 119 Å². The van der Waals surface area contributed by atoms with E-state index in [4.69, 9.17) is 28.3 Å². The molecule has 38 heteroatoms. The van der Waals surface area contributed by atoms with E-state index in [2.05, 4.69) is 81.7 Å². The Morgan fingerprint density at radius 3 is 1.52 bits per heavy atom. The minimum absolute atomic E-state index is 0.0377. The first kappa shape index (κ1) is 94.3. The number of unbranched alkanes of at least 4 members (excludes halogenated alkanes) is 1. The van der Waals surface area contributed by atoms with Crippen LogP contribution in [0, 0.1) is 23.2 Å².